The Bertz CT molecular complexity index is 1300. The largest absolute Gasteiger partial charge is 0.322 e. The normalized spacial score (nSPS) is 15.0. The fourth-order valence-corrected chi connectivity index (χ4v) is 4.67. The van der Waals surface area contributed by atoms with E-state index in [1.807, 2.05) is 30.0 Å². The lowest BCUT2D eigenvalue weighted by Gasteiger charge is -2.31. The van der Waals surface area contributed by atoms with Crippen molar-refractivity contribution in [1.29, 1.82) is 0 Å². The molecule has 2 heterocycles. The molecule has 0 spiro atoms. The maximum Gasteiger partial charge on any atom is 0.322 e. The third kappa shape index (κ3) is 3.58. The van der Waals surface area contributed by atoms with Crippen LogP contribution in [0.15, 0.2) is 85.1 Å². The van der Waals surface area contributed by atoms with E-state index in [1.54, 1.807) is 0 Å². The molecule has 4 heteroatoms. The average molecular weight is 422 g/mol. The molecule has 0 bridgehead atoms. The molecule has 160 valence electrons. The van der Waals surface area contributed by atoms with Crippen LogP contribution in [-0.2, 0) is 6.54 Å². The molecule has 32 heavy (non-hydrogen) atoms. The summed E-state index contributed by atoms with van der Waals surface area (Å²) < 4.78 is 2.22. The number of amides is 2. The predicted molar refractivity (Wildman–Crippen MR) is 129 cm³/mol. The van der Waals surface area contributed by atoms with Crippen molar-refractivity contribution in [3.8, 4) is 5.69 Å². The molecule has 1 aliphatic heterocycles. The van der Waals surface area contributed by atoms with Gasteiger partial charge in [-0.3, -0.25) is 0 Å². The van der Waals surface area contributed by atoms with Crippen LogP contribution < -0.4 is 5.32 Å². The van der Waals surface area contributed by atoms with E-state index < -0.39 is 0 Å². The monoisotopic (exact) mass is 421 g/mol. The van der Waals surface area contributed by atoms with Gasteiger partial charge in [-0.05, 0) is 61.7 Å². The van der Waals surface area contributed by atoms with Crippen LogP contribution in [0.4, 0.5) is 10.5 Å². The summed E-state index contributed by atoms with van der Waals surface area (Å²) in [5, 5.41) is 3.18. The Balaban J connectivity index is 1.64. The number of para-hydroxylation sites is 1. The van der Waals surface area contributed by atoms with Gasteiger partial charge in [0, 0.05) is 17.6 Å². The van der Waals surface area contributed by atoms with Crippen LogP contribution in [-0.4, -0.2) is 15.5 Å². The van der Waals surface area contributed by atoms with Crippen molar-refractivity contribution in [3.63, 3.8) is 0 Å². The minimum Gasteiger partial charge on any atom is -0.318 e. The van der Waals surface area contributed by atoms with Crippen LogP contribution >= 0.6 is 0 Å². The molecule has 1 aliphatic rings. The van der Waals surface area contributed by atoms with Gasteiger partial charge in [0.05, 0.1) is 18.3 Å². The number of benzene rings is 3. The zero-order valence-electron chi connectivity index (χ0n) is 18.7. The number of carbonyl (C=O) groups excluding carboxylic acids is 1. The number of aryl methyl sites for hydroxylation is 3. The van der Waals surface area contributed by atoms with E-state index in [4.69, 9.17) is 0 Å². The van der Waals surface area contributed by atoms with Crippen molar-refractivity contribution < 1.29 is 4.79 Å². The minimum absolute atomic E-state index is 0.104. The van der Waals surface area contributed by atoms with E-state index >= 15 is 0 Å². The Morgan fingerprint density at radius 2 is 1.69 bits per heavy atom. The predicted octanol–water partition coefficient (Wildman–Crippen LogP) is 6.54. The molecule has 1 aromatic heterocycles. The van der Waals surface area contributed by atoms with Gasteiger partial charge in [0.2, 0.25) is 0 Å². The van der Waals surface area contributed by atoms with Crippen molar-refractivity contribution in [2.45, 2.75) is 33.4 Å². The van der Waals surface area contributed by atoms with Crippen molar-refractivity contribution in [2.75, 3.05) is 5.32 Å². The first-order valence-corrected chi connectivity index (χ1v) is 11.0. The summed E-state index contributed by atoms with van der Waals surface area (Å²) in [6.07, 6.45) is 2.09. The fraction of sp³-hybridized carbons (Fsp3) is 0.179. The zero-order valence-corrected chi connectivity index (χ0v) is 18.7. The zero-order chi connectivity index (χ0) is 22.2. The van der Waals surface area contributed by atoms with E-state index in [9.17, 15) is 4.79 Å². The lowest BCUT2D eigenvalue weighted by Crippen LogP contribution is -2.38. The van der Waals surface area contributed by atoms with Gasteiger partial charge in [-0.1, -0.05) is 65.7 Å². The van der Waals surface area contributed by atoms with Gasteiger partial charge in [0.15, 0.2) is 0 Å². The molecular formula is C28H27N3O. The lowest BCUT2D eigenvalue weighted by atomic mass is 10.00. The Hall–Kier alpha value is -3.79. The number of rotatable bonds is 2. The van der Waals surface area contributed by atoms with E-state index in [0.717, 1.165) is 33.8 Å². The molecule has 4 aromatic rings. The van der Waals surface area contributed by atoms with Gasteiger partial charge in [-0.25, -0.2) is 4.79 Å². The highest BCUT2D eigenvalue weighted by Crippen LogP contribution is 2.37. The quantitative estimate of drug-likeness (QED) is 0.392. The third-order valence-corrected chi connectivity index (χ3v) is 6.21. The Morgan fingerprint density at radius 3 is 2.50 bits per heavy atom. The van der Waals surface area contributed by atoms with E-state index in [0.29, 0.717) is 6.54 Å². The molecule has 0 saturated carbocycles. The minimum atomic E-state index is -0.206. The second kappa shape index (κ2) is 8.04. The molecule has 0 unspecified atom stereocenters. The number of hydrogen-bond acceptors (Lipinski definition) is 1. The maximum atomic E-state index is 13.8. The highest BCUT2D eigenvalue weighted by atomic mass is 16.2. The summed E-state index contributed by atoms with van der Waals surface area (Å²) in [4.78, 5) is 15.7. The van der Waals surface area contributed by atoms with E-state index in [2.05, 4.69) is 90.6 Å². The first-order valence-electron chi connectivity index (χ1n) is 11.0. The highest BCUT2D eigenvalue weighted by Gasteiger charge is 2.33. The molecule has 2 amide bonds. The first-order chi connectivity index (χ1) is 15.5. The average Bonchev–Trinajstić information content (AvgIpc) is 3.20. The summed E-state index contributed by atoms with van der Waals surface area (Å²) in [6, 6.07) is 26.7. The fourth-order valence-electron chi connectivity index (χ4n) is 4.67. The number of nitrogens with one attached hydrogen (secondary N) is 1. The maximum absolute atomic E-state index is 13.8. The summed E-state index contributed by atoms with van der Waals surface area (Å²) >= 11 is 0. The number of hydrogen-bond donors (Lipinski definition) is 1. The number of nitrogens with zero attached hydrogens (tertiary/aromatic N) is 2. The Kier molecular flexibility index (Phi) is 5.06. The van der Waals surface area contributed by atoms with Gasteiger partial charge in [0.25, 0.3) is 0 Å². The van der Waals surface area contributed by atoms with Gasteiger partial charge in [-0.15, -0.1) is 0 Å². The summed E-state index contributed by atoms with van der Waals surface area (Å²) in [5.74, 6) is 0. The van der Waals surface area contributed by atoms with Crippen molar-refractivity contribution in [1.82, 2.24) is 9.47 Å². The van der Waals surface area contributed by atoms with Gasteiger partial charge in [-0.2, -0.15) is 0 Å². The topological polar surface area (TPSA) is 37.3 Å². The molecule has 3 aromatic carbocycles. The molecule has 0 radical (unpaired) electrons. The van der Waals surface area contributed by atoms with Gasteiger partial charge in [0.1, 0.15) is 0 Å². The van der Waals surface area contributed by atoms with Crippen molar-refractivity contribution in [3.05, 3.63) is 119 Å². The molecule has 0 fully saturated rings. The first kappa shape index (κ1) is 20.1. The van der Waals surface area contributed by atoms with Gasteiger partial charge < -0.3 is 14.8 Å². The van der Waals surface area contributed by atoms with Crippen LogP contribution in [0.25, 0.3) is 5.69 Å². The molecular weight excluding hydrogens is 394 g/mol. The number of anilines is 1. The SMILES string of the molecule is Cc1cccc([C@@H]2c3cccn3-c3ccccc3CN2C(=O)Nc2ccc(C)cc2C)c1. The van der Waals surface area contributed by atoms with Crippen molar-refractivity contribution in [2.24, 2.45) is 0 Å². The summed E-state index contributed by atoms with van der Waals surface area (Å²) in [5.41, 5.74) is 8.69. The standard InChI is InChI=1S/C28H27N3O/c1-19-8-6-10-22(17-19)27-26-12-7-15-30(26)25-11-5-4-9-23(25)18-31(27)28(32)29-24-14-13-20(2)16-21(24)3/h4-17,27H,18H2,1-3H3,(H,29,32)/t27-/m1/s1. The highest BCUT2D eigenvalue weighted by molar-refractivity contribution is 5.91. The smallest absolute Gasteiger partial charge is 0.318 e. The number of aromatic nitrogens is 1. The van der Waals surface area contributed by atoms with Crippen LogP contribution in [0.1, 0.15) is 39.6 Å². The van der Waals surface area contributed by atoms with Crippen molar-refractivity contribution >= 4 is 11.7 Å². The second-order valence-corrected chi connectivity index (χ2v) is 8.62. The number of carbonyl (C=O) groups is 1. The van der Waals surface area contributed by atoms with Crippen LogP contribution in [0.3, 0.4) is 0 Å². The second-order valence-electron chi connectivity index (χ2n) is 8.62. The lowest BCUT2D eigenvalue weighted by molar-refractivity contribution is 0.194. The van der Waals surface area contributed by atoms with Crippen LogP contribution in [0, 0.1) is 20.8 Å². The number of urea groups is 1. The molecule has 4 nitrogen and oxygen atoms in total. The van der Waals surface area contributed by atoms with Crippen LogP contribution in [0.2, 0.25) is 0 Å². The molecule has 0 aliphatic carbocycles. The molecule has 0 saturated heterocycles. The van der Waals surface area contributed by atoms with Crippen LogP contribution in [0.5, 0.6) is 0 Å². The summed E-state index contributed by atoms with van der Waals surface area (Å²) in [6.45, 7) is 6.71. The molecule has 1 atom stereocenters. The van der Waals surface area contributed by atoms with E-state index in [1.165, 1.54) is 11.1 Å². The molecule has 5 rings (SSSR count). The van der Waals surface area contributed by atoms with Gasteiger partial charge >= 0.3 is 6.03 Å². The summed E-state index contributed by atoms with van der Waals surface area (Å²) in [7, 11) is 0. The molecule has 1 N–H and O–H groups in total. The Labute approximate surface area is 189 Å². The number of fused-ring (bicyclic) bond motifs is 3. The van der Waals surface area contributed by atoms with E-state index in [-0.39, 0.29) is 12.1 Å². The Morgan fingerprint density at radius 1 is 0.875 bits per heavy atom. The third-order valence-electron chi connectivity index (χ3n) is 6.21.